The van der Waals surface area contributed by atoms with Crippen LogP contribution < -0.4 is 15.4 Å². The number of fused-ring (bicyclic) bond motifs is 2. The first-order valence-electron chi connectivity index (χ1n) is 13.4. The highest BCUT2D eigenvalue weighted by Gasteiger charge is 2.73. The van der Waals surface area contributed by atoms with Gasteiger partial charge in [0.15, 0.2) is 5.78 Å². The lowest BCUT2D eigenvalue weighted by Gasteiger charge is -2.47. The van der Waals surface area contributed by atoms with Gasteiger partial charge in [-0.25, -0.2) is 0 Å². The van der Waals surface area contributed by atoms with Gasteiger partial charge in [0.1, 0.15) is 17.0 Å². The Kier molecular flexibility index (Phi) is 5.58. The maximum atomic E-state index is 13.9. The second kappa shape index (κ2) is 8.60. The van der Waals surface area contributed by atoms with Gasteiger partial charge in [0.2, 0.25) is 11.8 Å². The van der Waals surface area contributed by atoms with Crippen molar-refractivity contribution in [2.75, 3.05) is 20.2 Å². The molecule has 3 amide bonds. The number of methoxy groups -OCH3 is 1. The Bertz CT molecular complexity index is 1290. The zero-order chi connectivity index (χ0) is 25.9. The van der Waals surface area contributed by atoms with E-state index in [0.717, 1.165) is 23.7 Å². The average molecular weight is 507 g/mol. The summed E-state index contributed by atoms with van der Waals surface area (Å²) in [5.41, 5.74) is 0.236. The molecular formula is C28H34N4O5. The lowest BCUT2D eigenvalue weighted by Crippen LogP contribution is -2.63. The number of benzene rings is 1. The highest BCUT2D eigenvalue weighted by Crippen LogP contribution is 2.68. The number of carbonyl (C=O) groups excluding carboxylic acids is 4. The molecule has 1 aromatic carbocycles. The number of aromatic amines is 1. The molecule has 0 spiro atoms. The van der Waals surface area contributed by atoms with Gasteiger partial charge >= 0.3 is 0 Å². The predicted molar refractivity (Wildman–Crippen MR) is 136 cm³/mol. The van der Waals surface area contributed by atoms with Crippen LogP contribution in [0.3, 0.4) is 0 Å². The van der Waals surface area contributed by atoms with E-state index in [1.54, 1.807) is 25.0 Å². The molecule has 37 heavy (non-hydrogen) atoms. The molecule has 3 N–H and O–H groups in total. The fraction of sp³-hybridized carbons (Fsp3) is 0.571. The Morgan fingerprint density at radius 3 is 2.65 bits per heavy atom. The minimum absolute atomic E-state index is 0.0215. The first-order valence-corrected chi connectivity index (χ1v) is 13.4. The molecule has 9 nitrogen and oxygen atoms in total. The summed E-state index contributed by atoms with van der Waals surface area (Å²) in [6.45, 7) is 2.91. The highest BCUT2D eigenvalue weighted by molar-refractivity contribution is 6.04. The molecule has 4 heterocycles. The van der Waals surface area contributed by atoms with Crippen molar-refractivity contribution in [2.45, 2.75) is 63.5 Å². The Labute approximate surface area is 215 Å². The van der Waals surface area contributed by atoms with Crippen LogP contribution in [-0.4, -0.2) is 65.2 Å². The maximum Gasteiger partial charge on any atom is 0.271 e. The molecule has 2 aromatic rings. The summed E-state index contributed by atoms with van der Waals surface area (Å²) in [4.78, 5) is 57.8. The van der Waals surface area contributed by atoms with Gasteiger partial charge in [0.25, 0.3) is 5.91 Å². The van der Waals surface area contributed by atoms with Crippen LogP contribution in [0.2, 0.25) is 0 Å². The Morgan fingerprint density at radius 1 is 1.22 bits per heavy atom. The number of ketones is 1. The second-order valence-corrected chi connectivity index (χ2v) is 11.4. The Hall–Kier alpha value is -3.36. The number of amides is 3. The van der Waals surface area contributed by atoms with Crippen LogP contribution in [0.4, 0.5) is 0 Å². The van der Waals surface area contributed by atoms with Crippen molar-refractivity contribution in [1.29, 1.82) is 0 Å². The van der Waals surface area contributed by atoms with E-state index in [4.69, 9.17) is 4.74 Å². The largest absolute Gasteiger partial charge is 0.496 e. The van der Waals surface area contributed by atoms with Crippen LogP contribution in [0.5, 0.6) is 5.75 Å². The van der Waals surface area contributed by atoms with Crippen LogP contribution in [0.1, 0.15) is 62.4 Å². The third kappa shape index (κ3) is 3.73. The number of rotatable bonds is 9. The van der Waals surface area contributed by atoms with Gasteiger partial charge < -0.3 is 25.3 Å². The normalized spacial score (nSPS) is 29.1. The van der Waals surface area contributed by atoms with Crippen LogP contribution in [0.15, 0.2) is 24.3 Å². The molecule has 7 rings (SSSR count). The number of hydrogen-bond donors (Lipinski definition) is 3. The minimum Gasteiger partial charge on any atom is -0.496 e. The quantitative estimate of drug-likeness (QED) is 0.483. The summed E-state index contributed by atoms with van der Waals surface area (Å²) in [7, 11) is 1.60. The van der Waals surface area contributed by atoms with E-state index in [-0.39, 0.29) is 41.3 Å². The number of carbonyl (C=O) groups is 4. The highest BCUT2D eigenvalue weighted by atomic mass is 16.5. The summed E-state index contributed by atoms with van der Waals surface area (Å²) in [5, 5.41) is 6.63. The molecule has 2 atom stereocenters. The molecule has 3 aliphatic heterocycles. The molecule has 9 heteroatoms. The van der Waals surface area contributed by atoms with Gasteiger partial charge in [-0.3, -0.25) is 19.2 Å². The lowest BCUT2D eigenvalue weighted by atomic mass is 9.59. The fourth-order valence-corrected chi connectivity index (χ4v) is 7.08. The van der Waals surface area contributed by atoms with E-state index in [9.17, 15) is 19.2 Å². The third-order valence-corrected chi connectivity index (χ3v) is 9.19. The molecule has 5 fully saturated rings. The molecule has 5 aliphatic rings. The first-order chi connectivity index (χ1) is 17.8. The molecule has 2 saturated carbocycles. The zero-order valence-electron chi connectivity index (χ0n) is 21.4. The van der Waals surface area contributed by atoms with Crippen molar-refractivity contribution in [3.8, 4) is 5.75 Å². The molecule has 1 aromatic heterocycles. The van der Waals surface area contributed by atoms with Crippen molar-refractivity contribution in [3.63, 3.8) is 0 Å². The fourth-order valence-electron chi connectivity index (χ4n) is 7.08. The van der Waals surface area contributed by atoms with Crippen molar-refractivity contribution in [3.05, 3.63) is 30.0 Å². The molecule has 0 unspecified atom stereocenters. The third-order valence-electron chi connectivity index (χ3n) is 9.19. The van der Waals surface area contributed by atoms with E-state index in [0.29, 0.717) is 56.1 Å². The minimum atomic E-state index is -0.967. The van der Waals surface area contributed by atoms with Gasteiger partial charge in [-0.2, -0.15) is 0 Å². The molecule has 196 valence electrons. The first kappa shape index (κ1) is 24.0. The number of aromatic nitrogens is 1. The summed E-state index contributed by atoms with van der Waals surface area (Å²) in [5.74, 6) is 0.311. The molecule has 3 saturated heterocycles. The zero-order valence-corrected chi connectivity index (χ0v) is 21.4. The van der Waals surface area contributed by atoms with E-state index in [1.165, 1.54) is 0 Å². The lowest BCUT2D eigenvalue weighted by molar-refractivity contribution is -0.139. The Balaban J connectivity index is 1.28. The van der Waals surface area contributed by atoms with Crippen molar-refractivity contribution < 1.29 is 23.9 Å². The summed E-state index contributed by atoms with van der Waals surface area (Å²) >= 11 is 0. The van der Waals surface area contributed by atoms with Crippen LogP contribution in [-0.2, 0) is 14.4 Å². The van der Waals surface area contributed by atoms with Crippen LogP contribution in [0, 0.1) is 17.3 Å². The number of nitrogens with zero attached hydrogens (tertiary/aromatic N) is 1. The van der Waals surface area contributed by atoms with E-state index < -0.39 is 11.6 Å². The van der Waals surface area contributed by atoms with Crippen LogP contribution >= 0.6 is 0 Å². The molecular weight excluding hydrogens is 472 g/mol. The van der Waals surface area contributed by atoms with Crippen molar-refractivity contribution in [2.24, 2.45) is 17.3 Å². The number of nitrogens with one attached hydrogen (secondary N) is 3. The topological polar surface area (TPSA) is 121 Å². The molecule has 0 radical (unpaired) electrons. The summed E-state index contributed by atoms with van der Waals surface area (Å²) in [6, 6.07) is 6.68. The van der Waals surface area contributed by atoms with E-state index in [2.05, 4.69) is 15.6 Å². The predicted octanol–water partition coefficient (Wildman–Crippen LogP) is 2.55. The number of ether oxygens (including phenoxy) is 1. The van der Waals surface area contributed by atoms with Crippen molar-refractivity contribution >= 4 is 34.4 Å². The van der Waals surface area contributed by atoms with Gasteiger partial charge in [0, 0.05) is 36.3 Å². The monoisotopic (exact) mass is 506 g/mol. The van der Waals surface area contributed by atoms with Gasteiger partial charge in [-0.15, -0.1) is 0 Å². The molecule has 2 bridgehead atoms. The van der Waals surface area contributed by atoms with Gasteiger partial charge in [-0.1, -0.05) is 13.0 Å². The van der Waals surface area contributed by atoms with Crippen LogP contribution in [0.25, 0.3) is 10.9 Å². The maximum absolute atomic E-state index is 13.9. The number of Topliss-reactive ketones (excluding diaryl/α,β-unsaturated/α-hetero) is 1. The van der Waals surface area contributed by atoms with E-state index >= 15 is 0 Å². The molecule has 2 aliphatic carbocycles. The summed E-state index contributed by atoms with van der Waals surface area (Å²) in [6.07, 6.45) is 4.76. The second-order valence-electron chi connectivity index (χ2n) is 11.4. The average Bonchev–Trinajstić information content (AvgIpc) is 3.23. The SMILES string of the molecule is CCC(=O)[C@H](C[C@@H]1CCNC1=O)NC(=O)C12CC(C3CC3)(CN1C(=O)c1cc3c(OC)cccc3[nH]1)C2. The summed E-state index contributed by atoms with van der Waals surface area (Å²) < 4.78 is 5.46. The van der Waals surface area contributed by atoms with Gasteiger partial charge in [0.05, 0.1) is 13.2 Å². The van der Waals surface area contributed by atoms with Crippen molar-refractivity contribution in [1.82, 2.24) is 20.5 Å². The standard InChI is InChI=1S/C28H34N4O5/c1-3-22(33)20(11-16-9-10-29-24(16)34)31-26(36)28-13-27(14-28,17-7-8-17)15-32(28)25(35)21-12-18-19(30-21)5-4-6-23(18)37-2/h4-6,12,16-17,20,30H,3,7-11,13-15H2,1-2H3,(H,29,34)(H,31,36)/t16-,20-,27?,28?/m0/s1. The van der Waals surface area contributed by atoms with Gasteiger partial charge in [-0.05, 0) is 68.1 Å². The Morgan fingerprint density at radius 2 is 2.00 bits per heavy atom. The van der Waals surface area contributed by atoms with E-state index in [1.807, 2.05) is 18.2 Å². The smallest absolute Gasteiger partial charge is 0.271 e. The number of H-pyrrole nitrogens is 1. The number of hydrogen-bond acceptors (Lipinski definition) is 5.